The number of carbonyl (C=O) groups excluding carboxylic acids is 1. The van der Waals surface area contributed by atoms with Crippen molar-refractivity contribution in [3.05, 3.63) is 35.9 Å². The van der Waals surface area contributed by atoms with Gasteiger partial charge in [0, 0.05) is 24.3 Å². The Morgan fingerprint density at radius 2 is 2.26 bits per heavy atom. The summed E-state index contributed by atoms with van der Waals surface area (Å²) >= 11 is 0. The van der Waals surface area contributed by atoms with Crippen molar-refractivity contribution >= 4 is 17.3 Å². The Balaban J connectivity index is 1.91. The van der Waals surface area contributed by atoms with E-state index >= 15 is 0 Å². The first kappa shape index (κ1) is 12.9. The van der Waals surface area contributed by atoms with Gasteiger partial charge < -0.3 is 16.8 Å². The molecule has 0 aliphatic carbocycles. The minimum Gasteiger partial charge on any atom is -0.399 e. The second kappa shape index (κ2) is 5.85. The van der Waals surface area contributed by atoms with Crippen LogP contribution in [-0.2, 0) is 6.42 Å². The van der Waals surface area contributed by atoms with E-state index in [0.717, 1.165) is 18.7 Å². The maximum absolute atomic E-state index is 11.3. The van der Waals surface area contributed by atoms with Crippen molar-refractivity contribution in [2.24, 2.45) is 5.73 Å². The molecule has 0 atom stereocenters. The summed E-state index contributed by atoms with van der Waals surface area (Å²) in [6, 6.07) is 4.98. The Morgan fingerprint density at radius 3 is 2.95 bits per heavy atom. The van der Waals surface area contributed by atoms with E-state index in [2.05, 4.69) is 20.5 Å². The number of primary amides is 1. The van der Waals surface area contributed by atoms with E-state index in [9.17, 15) is 4.79 Å². The van der Waals surface area contributed by atoms with Gasteiger partial charge in [-0.05, 0) is 24.6 Å². The molecule has 0 fully saturated rings. The minimum absolute atomic E-state index is 0.439. The maximum Gasteiger partial charge on any atom is 0.250 e. The third-order valence-corrected chi connectivity index (χ3v) is 2.68. The number of H-pyrrole nitrogens is 1. The Bertz CT molecular complexity index is 551. The summed E-state index contributed by atoms with van der Waals surface area (Å²) in [6.07, 6.45) is 3.11. The lowest BCUT2D eigenvalue weighted by molar-refractivity contribution is 0.100. The van der Waals surface area contributed by atoms with E-state index in [1.54, 1.807) is 18.2 Å². The summed E-state index contributed by atoms with van der Waals surface area (Å²) in [4.78, 5) is 15.3. The van der Waals surface area contributed by atoms with Crippen molar-refractivity contribution < 1.29 is 4.79 Å². The van der Waals surface area contributed by atoms with E-state index in [0.29, 0.717) is 23.5 Å². The highest BCUT2D eigenvalue weighted by Crippen LogP contribution is 2.18. The lowest BCUT2D eigenvalue weighted by atomic mass is 10.1. The van der Waals surface area contributed by atoms with Gasteiger partial charge in [0.25, 0.3) is 5.91 Å². The molecule has 1 amide bonds. The molecule has 7 heteroatoms. The van der Waals surface area contributed by atoms with Crippen LogP contribution >= 0.6 is 0 Å². The van der Waals surface area contributed by atoms with E-state index < -0.39 is 5.91 Å². The molecule has 0 aliphatic rings. The van der Waals surface area contributed by atoms with Gasteiger partial charge in [-0.2, -0.15) is 5.10 Å². The summed E-state index contributed by atoms with van der Waals surface area (Å²) in [6.45, 7) is 0.685. The zero-order valence-electron chi connectivity index (χ0n) is 10.4. The zero-order valence-corrected chi connectivity index (χ0v) is 10.4. The number of anilines is 2. The summed E-state index contributed by atoms with van der Waals surface area (Å²) < 4.78 is 0. The van der Waals surface area contributed by atoms with Crippen molar-refractivity contribution in [1.29, 1.82) is 0 Å². The predicted molar refractivity (Wildman–Crippen MR) is 72.6 cm³/mol. The van der Waals surface area contributed by atoms with Crippen LogP contribution in [0, 0.1) is 0 Å². The highest BCUT2D eigenvalue weighted by Gasteiger charge is 2.07. The monoisotopic (exact) mass is 260 g/mol. The van der Waals surface area contributed by atoms with Crippen LogP contribution in [-0.4, -0.2) is 27.6 Å². The smallest absolute Gasteiger partial charge is 0.250 e. The van der Waals surface area contributed by atoms with Gasteiger partial charge in [-0.25, -0.2) is 4.98 Å². The number of benzene rings is 1. The third kappa shape index (κ3) is 3.44. The van der Waals surface area contributed by atoms with Gasteiger partial charge in [-0.15, -0.1) is 0 Å². The van der Waals surface area contributed by atoms with Crippen LogP contribution in [0.5, 0.6) is 0 Å². The van der Waals surface area contributed by atoms with Gasteiger partial charge in [0.05, 0.1) is 5.56 Å². The fourth-order valence-electron chi connectivity index (χ4n) is 1.75. The minimum atomic E-state index is -0.474. The number of nitrogens with two attached hydrogens (primary N) is 2. The molecule has 100 valence electrons. The number of aromatic amines is 1. The number of nitrogens with one attached hydrogen (secondary N) is 2. The molecule has 0 spiro atoms. The highest BCUT2D eigenvalue weighted by molar-refractivity contribution is 5.99. The Morgan fingerprint density at radius 1 is 1.42 bits per heavy atom. The predicted octanol–water partition coefficient (Wildman–Crippen LogP) is 0.530. The molecule has 2 aromatic rings. The van der Waals surface area contributed by atoms with Gasteiger partial charge in [-0.3, -0.25) is 9.89 Å². The zero-order chi connectivity index (χ0) is 13.7. The van der Waals surface area contributed by atoms with E-state index in [-0.39, 0.29) is 0 Å². The molecule has 1 aromatic heterocycles. The van der Waals surface area contributed by atoms with Crippen molar-refractivity contribution in [2.45, 2.75) is 12.8 Å². The molecule has 1 aromatic carbocycles. The van der Waals surface area contributed by atoms with Crippen LogP contribution in [0.1, 0.15) is 22.6 Å². The number of aryl methyl sites for hydroxylation is 1. The van der Waals surface area contributed by atoms with Crippen LogP contribution in [0.25, 0.3) is 0 Å². The number of amides is 1. The maximum atomic E-state index is 11.3. The Labute approximate surface area is 110 Å². The van der Waals surface area contributed by atoms with Crippen LogP contribution in [0.3, 0.4) is 0 Å². The molecular weight excluding hydrogens is 244 g/mol. The molecule has 2 rings (SSSR count). The van der Waals surface area contributed by atoms with Crippen molar-refractivity contribution in [3.63, 3.8) is 0 Å². The molecule has 6 N–H and O–H groups in total. The van der Waals surface area contributed by atoms with Crippen molar-refractivity contribution in [3.8, 4) is 0 Å². The lowest BCUT2D eigenvalue weighted by Gasteiger charge is -2.10. The molecular formula is C12H16N6O. The van der Waals surface area contributed by atoms with Gasteiger partial charge in [-0.1, -0.05) is 0 Å². The van der Waals surface area contributed by atoms with Crippen LogP contribution in [0.4, 0.5) is 11.4 Å². The van der Waals surface area contributed by atoms with E-state index in [1.807, 2.05) is 0 Å². The first-order valence-electron chi connectivity index (χ1n) is 5.94. The molecule has 19 heavy (non-hydrogen) atoms. The number of nitrogen functional groups attached to an aromatic ring is 1. The van der Waals surface area contributed by atoms with Crippen LogP contribution in [0.15, 0.2) is 24.5 Å². The van der Waals surface area contributed by atoms with Crippen molar-refractivity contribution in [1.82, 2.24) is 15.2 Å². The first-order chi connectivity index (χ1) is 9.16. The second-order valence-corrected chi connectivity index (χ2v) is 4.13. The number of hydrogen-bond acceptors (Lipinski definition) is 5. The van der Waals surface area contributed by atoms with Crippen molar-refractivity contribution in [2.75, 3.05) is 17.6 Å². The normalized spacial score (nSPS) is 10.3. The van der Waals surface area contributed by atoms with Crippen LogP contribution < -0.4 is 16.8 Å². The SMILES string of the molecule is NC(=O)c1ccc(N)cc1NCCCc1ncn[nH]1. The second-order valence-electron chi connectivity index (χ2n) is 4.13. The number of aromatic nitrogens is 3. The van der Waals surface area contributed by atoms with Gasteiger partial charge >= 0.3 is 0 Å². The standard InChI is InChI=1S/C12H16N6O/c13-8-3-4-9(12(14)19)10(6-8)15-5-1-2-11-16-7-17-18-11/h3-4,6-7,15H,1-2,5,13H2,(H2,14,19)(H,16,17,18). The van der Waals surface area contributed by atoms with Crippen LogP contribution in [0.2, 0.25) is 0 Å². The lowest BCUT2D eigenvalue weighted by Crippen LogP contribution is -2.15. The average Bonchev–Trinajstić information content (AvgIpc) is 2.87. The quantitative estimate of drug-likeness (QED) is 0.445. The summed E-state index contributed by atoms with van der Waals surface area (Å²) in [5.74, 6) is 0.363. The number of hydrogen-bond donors (Lipinski definition) is 4. The molecule has 0 saturated carbocycles. The third-order valence-electron chi connectivity index (χ3n) is 2.68. The Hall–Kier alpha value is -2.57. The summed E-state index contributed by atoms with van der Waals surface area (Å²) in [7, 11) is 0. The van der Waals surface area contributed by atoms with E-state index in [1.165, 1.54) is 6.33 Å². The summed E-state index contributed by atoms with van der Waals surface area (Å²) in [5, 5.41) is 9.72. The average molecular weight is 260 g/mol. The first-order valence-corrected chi connectivity index (χ1v) is 5.94. The number of nitrogens with zero attached hydrogens (tertiary/aromatic N) is 2. The fraction of sp³-hybridized carbons (Fsp3) is 0.250. The largest absolute Gasteiger partial charge is 0.399 e. The van der Waals surface area contributed by atoms with Gasteiger partial charge in [0.15, 0.2) is 0 Å². The van der Waals surface area contributed by atoms with E-state index in [4.69, 9.17) is 11.5 Å². The molecule has 7 nitrogen and oxygen atoms in total. The highest BCUT2D eigenvalue weighted by atomic mass is 16.1. The Kier molecular flexibility index (Phi) is 3.97. The molecule has 0 aliphatic heterocycles. The molecule has 0 bridgehead atoms. The molecule has 1 heterocycles. The molecule has 0 unspecified atom stereocenters. The molecule has 0 radical (unpaired) electrons. The summed E-state index contributed by atoms with van der Waals surface area (Å²) in [5.41, 5.74) is 12.7. The topological polar surface area (TPSA) is 123 Å². The fourth-order valence-corrected chi connectivity index (χ4v) is 1.75. The number of rotatable bonds is 6. The molecule has 0 saturated heterocycles. The number of carbonyl (C=O) groups is 1. The van der Waals surface area contributed by atoms with Gasteiger partial charge in [0.2, 0.25) is 0 Å². The van der Waals surface area contributed by atoms with Gasteiger partial charge in [0.1, 0.15) is 12.2 Å².